The molecule has 2 aromatic rings. The minimum absolute atomic E-state index is 0.194. The third kappa shape index (κ3) is 4.63. The topological polar surface area (TPSA) is 54.5 Å². The maximum atomic E-state index is 12.6. The summed E-state index contributed by atoms with van der Waals surface area (Å²) in [4.78, 5) is 13.7. The first-order valence-corrected chi connectivity index (χ1v) is 9.44. The fraction of sp³-hybridized carbons (Fsp3) is 0.278. The second-order valence-electron chi connectivity index (χ2n) is 5.88. The third-order valence-electron chi connectivity index (χ3n) is 4.01. The number of nitrogens with zero attached hydrogens (tertiary/aromatic N) is 1. The highest BCUT2D eigenvalue weighted by molar-refractivity contribution is 7.92. The average molecular weight is 385 g/mol. The summed E-state index contributed by atoms with van der Waals surface area (Å²) in [5, 5.41) is -1.32. The number of carbonyl (C=O) groups is 1. The van der Waals surface area contributed by atoms with Gasteiger partial charge in [0.2, 0.25) is 5.91 Å². The van der Waals surface area contributed by atoms with Crippen LogP contribution in [0, 0.1) is 0 Å². The summed E-state index contributed by atoms with van der Waals surface area (Å²) < 4.78 is 62.7. The van der Waals surface area contributed by atoms with Crippen LogP contribution in [0.2, 0.25) is 0 Å². The molecule has 26 heavy (non-hydrogen) atoms. The van der Waals surface area contributed by atoms with Crippen molar-refractivity contribution in [3.63, 3.8) is 0 Å². The second-order valence-corrected chi connectivity index (χ2v) is 8.20. The van der Waals surface area contributed by atoms with Gasteiger partial charge < -0.3 is 4.90 Å². The Labute approximate surface area is 150 Å². The molecule has 0 fully saturated rings. The van der Waals surface area contributed by atoms with Crippen LogP contribution in [0.1, 0.15) is 18.1 Å². The molecular weight excluding hydrogens is 367 g/mol. The van der Waals surface area contributed by atoms with Crippen LogP contribution in [0.25, 0.3) is 0 Å². The summed E-state index contributed by atoms with van der Waals surface area (Å²) in [6.45, 7) is 1.28. The molecule has 0 radical (unpaired) electrons. The van der Waals surface area contributed by atoms with Crippen molar-refractivity contribution in [3.05, 3.63) is 65.7 Å². The molecule has 0 spiro atoms. The van der Waals surface area contributed by atoms with Gasteiger partial charge in [-0.2, -0.15) is 13.2 Å². The van der Waals surface area contributed by atoms with E-state index < -0.39 is 38.5 Å². The number of amides is 1. The van der Waals surface area contributed by atoms with Crippen molar-refractivity contribution in [1.29, 1.82) is 0 Å². The number of sulfone groups is 1. The largest absolute Gasteiger partial charge is 0.416 e. The molecule has 2 rings (SSSR count). The normalized spacial score (nSPS) is 13.3. The van der Waals surface area contributed by atoms with Crippen molar-refractivity contribution < 1.29 is 26.4 Å². The zero-order valence-electron chi connectivity index (χ0n) is 14.2. The molecule has 4 nitrogen and oxygen atoms in total. The lowest BCUT2D eigenvalue weighted by Crippen LogP contribution is -2.39. The number of para-hydroxylation sites is 1. The van der Waals surface area contributed by atoms with E-state index in [9.17, 15) is 26.4 Å². The Morgan fingerprint density at radius 1 is 1.04 bits per heavy atom. The number of hydrogen-bond donors (Lipinski definition) is 0. The van der Waals surface area contributed by atoms with Gasteiger partial charge in [0.25, 0.3) is 0 Å². The standard InChI is InChI=1S/C18H18F3NO3S/c1-13(17(23)22(2)16-6-4-3-5-7-16)26(24,25)12-14-8-10-15(11-9-14)18(19,20)21/h3-11,13H,12H2,1-2H3/t13-/m1/s1. The van der Waals surface area contributed by atoms with E-state index in [1.807, 2.05) is 0 Å². The average Bonchev–Trinajstić information content (AvgIpc) is 2.60. The smallest absolute Gasteiger partial charge is 0.314 e. The molecule has 0 saturated carbocycles. The molecule has 0 bridgehead atoms. The van der Waals surface area contributed by atoms with Gasteiger partial charge in [-0.15, -0.1) is 0 Å². The lowest BCUT2D eigenvalue weighted by Gasteiger charge is -2.21. The van der Waals surface area contributed by atoms with E-state index in [0.717, 1.165) is 24.3 Å². The van der Waals surface area contributed by atoms with Gasteiger partial charge in [-0.1, -0.05) is 30.3 Å². The Morgan fingerprint density at radius 2 is 1.58 bits per heavy atom. The molecule has 0 unspecified atom stereocenters. The molecule has 1 atom stereocenters. The Hall–Kier alpha value is -2.35. The van der Waals surface area contributed by atoms with Crippen LogP contribution in [-0.2, 0) is 26.6 Å². The van der Waals surface area contributed by atoms with E-state index in [-0.39, 0.29) is 5.56 Å². The van der Waals surface area contributed by atoms with Crippen LogP contribution >= 0.6 is 0 Å². The second kappa shape index (κ2) is 7.49. The van der Waals surface area contributed by atoms with E-state index in [4.69, 9.17) is 0 Å². The fourth-order valence-electron chi connectivity index (χ4n) is 2.35. The predicted molar refractivity (Wildman–Crippen MR) is 93.4 cm³/mol. The molecule has 0 aromatic heterocycles. The highest BCUT2D eigenvalue weighted by Crippen LogP contribution is 2.29. The minimum atomic E-state index is -4.49. The van der Waals surface area contributed by atoms with Crippen LogP contribution in [0.4, 0.5) is 18.9 Å². The molecule has 0 aliphatic carbocycles. The highest BCUT2D eigenvalue weighted by Gasteiger charge is 2.32. The van der Waals surface area contributed by atoms with E-state index >= 15 is 0 Å². The maximum absolute atomic E-state index is 12.6. The number of alkyl halides is 3. The van der Waals surface area contributed by atoms with Crippen LogP contribution in [0.5, 0.6) is 0 Å². The quantitative estimate of drug-likeness (QED) is 0.789. The molecule has 0 saturated heterocycles. The Balaban J connectivity index is 2.15. The van der Waals surface area contributed by atoms with Crippen molar-refractivity contribution in [3.8, 4) is 0 Å². The first-order chi connectivity index (χ1) is 12.0. The highest BCUT2D eigenvalue weighted by atomic mass is 32.2. The SMILES string of the molecule is C[C@H](C(=O)N(C)c1ccccc1)S(=O)(=O)Cc1ccc(C(F)(F)F)cc1. The van der Waals surface area contributed by atoms with E-state index in [0.29, 0.717) is 5.69 Å². The van der Waals surface area contributed by atoms with Crippen LogP contribution < -0.4 is 4.90 Å². The number of carbonyl (C=O) groups excluding carboxylic acids is 1. The lowest BCUT2D eigenvalue weighted by molar-refractivity contribution is -0.137. The molecular formula is C18H18F3NO3S. The number of anilines is 1. The van der Waals surface area contributed by atoms with Crippen LogP contribution in [0.15, 0.2) is 54.6 Å². The zero-order chi connectivity index (χ0) is 19.5. The summed E-state index contributed by atoms with van der Waals surface area (Å²) in [6.07, 6.45) is -4.49. The van der Waals surface area contributed by atoms with Gasteiger partial charge in [-0.3, -0.25) is 4.79 Å². The Kier molecular flexibility index (Phi) is 5.75. The zero-order valence-corrected chi connectivity index (χ0v) is 15.0. The number of halogens is 3. The van der Waals surface area contributed by atoms with Crippen LogP contribution in [-0.4, -0.2) is 26.6 Å². The fourth-order valence-corrected chi connectivity index (χ4v) is 3.72. The summed E-state index contributed by atoms with van der Waals surface area (Å²) >= 11 is 0. The molecule has 140 valence electrons. The molecule has 0 aliphatic heterocycles. The van der Waals surface area contributed by atoms with Gasteiger partial charge in [0.05, 0.1) is 11.3 Å². The van der Waals surface area contributed by atoms with Gasteiger partial charge in [-0.25, -0.2) is 8.42 Å². The molecule has 0 N–H and O–H groups in total. The van der Waals surface area contributed by atoms with Crippen molar-refractivity contribution in [2.75, 3.05) is 11.9 Å². The number of benzene rings is 2. The lowest BCUT2D eigenvalue weighted by atomic mass is 10.1. The first-order valence-electron chi connectivity index (χ1n) is 7.72. The molecule has 0 aliphatic rings. The summed E-state index contributed by atoms with van der Waals surface area (Å²) in [7, 11) is -2.41. The van der Waals surface area contributed by atoms with E-state index in [1.165, 1.54) is 18.9 Å². The van der Waals surface area contributed by atoms with Crippen molar-refractivity contribution in [1.82, 2.24) is 0 Å². The minimum Gasteiger partial charge on any atom is -0.314 e. The first kappa shape index (κ1) is 20.0. The van der Waals surface area contributed by atoms with E-state index in [2.05, 4.69) is 0 Å². The van der Waals surface area contributed by atoms with Crippen molar-refractivity contribution in [2.24, 2.45) is 0 Å². The molecule has 8 heteroatoms. The summed E-state index contributed by atoms with van der Waals surface area (Å²) in [5.74, 6) is -1.12. The van der Waals surface area contributed by atoms with Gasteiger partial charge in [0.15, 0.2) is 9.84 Å². The summed E-state index contributed by atoms with van der Waals surface area (Å²) in [5.41, 5.74) is -0.110. The van der Waals surface area contributed by atoms with Gasteiger partial charge in [0, 0.05) is 12.7 Å². The number of hydrogen-bond acceptors (Lipinski definition) is 3. The van der Waals surface area contributed by atoms with Crippen LogP contribution in [0.3, 0.4) is 0 Å². The van der Waals surface area contributed by atoms with Crippen molar-refractivity contribution in [2.45, 2.75) is 24.1 Å². The van der Waals surface area contributed by atoms with Gasteiger partial charge in [-0.05, 0) is 36.8 Å². The van der Waals surface area contributed by atoms with Gasteiger partial charge in [0.1, 0.15) is 5.25 Å². The Morgan fingerprint density at radius 3 is 2.08 bits per heavy atom. The predicted octanol–water partition coefficient (Wildman–Crippen LogP) is 3.67. The van der Waals surface area contributed by atoms with Crippen molar-refractivity contribution >= 4 is 21.4 Å². The third-order valence-corrected chi connectivity index (χ3v) is 6.02. The van der Waals surface area contributed by atoms with Gasteiger partial charge >= 0.3 is 6.18 Å². The maximum Gasteiger partial charge on any atom is 0.416 e. The molecule has 1 amide bonds. The summed E-state index contributed by atoms with van der Waals surface area (Å²) in [6, 6.07) is 12.4. The molecule has 0 heterocycles. The monoisotopic (exact) mass is 385 g/mol. The van der Waals surface area contributed by atoms with E-state index in [1.54, 1.807) is 30.3 Å². The number of rotatable bonds is 5. The molecule has 2 aromatic carbocycles. The Bertz CT molecular complexity index is 863.